The molecule has 0 fully saturated rings. The van der Waals surface area contributed by atoms with E-state index in [9.17, 15) is 0 Å². The Morgan fingerprint density at radius 3 is 2.64 bits per heavy atom. The van der Waals surface area contributed by atoms with Crippen LogP contribution in [-0.2, 0) is 4.74 Å². The number of hydrogen-bond donors (Lipinski definition) is 1. The van der Waals surface area contributed by atoms with Gasteiger partial charge in [0.2, 0.25) is 0 Å². The largest absolute Gasteiger partial charge is 0.380 e. The van der Waals surface area contributed by atoms with Crippen molar-refractivity contribution in [1.82, 2.24) is 4.90 Å². The van der Waals surface area contributed by atoms with Gasteiger partial charge in [-0.3, -0.25) is 0 Å². The van der Waals surface area contributed by atoms with Crippen molar-refractivity contribution in [3.63, 3.8) is 0 Å². The Labute approximate surface area is 69.5 Å². The summed E-state index contributed by atoms with van der Waals surface area (Å²) in [6.45, 7) is 4.88. The van der Waals surface area contributed by atoms with Crippen LogP contribution in [0.25, 0.3) is 0 Å². The van der Waals surface area contributed by atoms with Gasteiger partial charge in [-0.25, -0.2) is 0 Å². The Bertz CT molecular complexity index is 88.2. The van der Waals surface area contributed by atoms with Crippen LogP contribution >= 0.6 is 0 Å². The molecule has 0 aromatic rings. The predicted octanol–water partition coefficient (Wildman–Crippen LogP) is 0.302. The van der Waals surface area contributed by atoms with Gasteiger partial charge in [0.15, 0.2) is 0 Å². The first kappa shape index (κ1) is 10.9. The summed E-state index contributed by atoms with van der Waals surface area (Å²) in [6.07, 6.45) is 1.38. The molecule has 0 saturated heterocycles. The highest BCUT2D eigenvalue weighted by Gasteiger charge is 2.03. The molecule has 0 heterocycles. The van der Waals surface area contributed by atoms with Gasteiger partial charge in [-0.1, -0.05) is 0 Å². The molecular weight excluding hydrogens is 140 g/mol. The van der Waals surface area contributed by atoms with Crippen LogP contribution in [0.4, 0.5) is 0 Å². The lowest BCUT2D eigenvalue weighted by molar-refractivity contribution is 0.0856. The molecule has 68 valence electrons. The molecule has 1 atom stereocenters. The molecular formula is C8H20N2O. The first-order chi connectivity index (χ1) is 5.20. The molecule has 0 aromatic carbocycles. The molecule has 2 N–H and O–H groups in total. The molecule has 3 nitrogen and oxygen atoms in total. The molecule has 3 heteroatoms. The average Bonchev–Trinajstić information content (AvgIpc) is 2.00. The third-order valence-electron chi connectivity index (χ3n) is 1.72. The Balaban J connectivity index is 3.27. The lowest BCUT2D eigenvalue weighted by atomic mass is 10.3. The molecule has 0 aromatic heterocycles. The van der Waals surface area contributed by atoms with Crippen LogP contribution in [0.3, 0.4) is 0 Å². The number of nitrogens with two attached hydrogens (primary N) is 1. The van der Waals surface area contributed by atoms with Crippen molar-refractivity contribution >= 4 is 0 Å². The Morgan fingerprint density at radius 2 is 2.18 bits per heavy atom. The van der Waals surface area contributed by atoms with E-state index in [2.05, 4.69) is 18.9 Å². The molecule has 0 bridgehead atoms. The van der Waals surface area contributed by atoms with Gasteiger partial charge in [0.05, 0.1) is 6.10 Å². The maximum absolute atomic E-state index is 5.38. The summed E-state index contributed by atoms with van der Waals surface area (Å²) in [7, 11) is 3.83. The van der Waals surface area contributed by atoms with E-state index in [0.29, 0.717) is 6.10 Å². The van der Waals surface area contributed by atoms with Gasteiger partial charge in [0, 0.05) is 13.7 Å². The molecule has 0 saturated carbocycles. The van der Waals surface area contributed by atoms with E-state index in [1.54, 1.807) is 7.11 Å². The highest BCUT2D eigenvalue weighted by Crippen LogP contribution is 1.92. The molecule has 11 heavy (non-hydrogen) atoms. The zero-order valence-electron chi connectivity index (χ0n) is 7.84. The van der Waals surface area contributed by atoms with Crippen LogP contribution < -0.4 is 5.73 Å². The maximum atomic E-state index is 5.38. The first-order valence-corrected chi connectivity index (χ1v) is 4.12. The molecule has 0 rings (SSSR count). The molecule has 0 spiro atoms. The summed E-state index contributed by atoms with van der Waals surface area (Å²) in [5, 5.41) is 0. The molecule has 1 unspecified atom stereocenters. The zero-order valence-corrected chi connectivity index (χ0v) is 7.84. The van der Waals surface area contributed by atoms with E-state index in [1.165, 1.54) is 0 Å². The van der Waals surface area contributed by atoms with Gasteiger partial charge in [-0.15, -0.1) is 0 Å². The van der Waals surface area contributed by atoms with Gasteiger partial charge >= 0.3 is 0 Å². The summed E-state index contributed by atoms with van der Waals surface area (Å²) in [6, 6.07) is 0. The number of hydrogen-bond acceptors (Lipinski definition) is 3. The van der Waals surface area contributed by atoms with E-state index < -0.39 is 0 Å². The van der Waals surface area contributed by atoms with Gasteiger partial charge in [0.1, 0.15) is 0 Å². The first-order valence-electron chi connectivity index (χ1n) is 4.12. The van der Waals surface area contributed by atoms with Gasteiger partial charge in [0.25, 0.3) is 0 Å². The highest BCUT2D eigenvalue weighted by molar-refractivity contribution is 4.57. The number of methoxy groups -OCH3 is 1. The third-order valence-corrected chi connectivity index (χ3v) is 1.72. The normalized spacial score (nSPS) is 13.9. The Morgan fingerprint density at radius 1 is 1.55 bits per heavy atom. The van der Waals surface area contributed by atoms with Crippen molar-refractivity contribution in [2.45, 2.75) is 19.4 Å². The highest BCUT2D eigenvalue weighted by atomic mass is 16.5. The smallest absolute Gasteiger partial charge is 0.0669 e. The fourth-order valence-corrected chi connectivity index (χ4v) is 0.966. The standard InChI is InChI=1S/C8H20N2O/c1-8(11-3)7-10(2)6-4-5-9/h8H,4-7,9H2,1-3H3. The molecule has 0 aliphatic heterocycles. The quantitative estimate of drug-likeness (QED) is 0.607. The lowest BCUT2D eigenvalue weighted by Crippen LogP contribution is -2.30. The predicted molar refractivity (Wildman–Crippen MR) is 47.6 cm³/mol. The van der Waals surface area contributed by atoms with E-state index in [0.717, 1.165) is 26.1 Å². The number of rotatable bonds is 6. The van der Waals surface area contributed by atoms with Crippen LogP contribution in [0.15, 0.2) is 0 Å². The summed E-state index contributed by atoms with van der Waals surface area (Å²) >= 11 is 0. The Kier molecular flexibility index (Phi) is 6.51. The van der Waals surface area contributed by atoms with Crippen LogP contribution in [0, 0.1) is 0 Å². The minimum Gasteiger partial charge on any atom is -0.380 e. The number of ether oxygens (including phenoxy) is 1. The minimum atomic E-state index is 0.317. The topological polar surface area (TPSA) is 38.5 Å². The lowest BCUT2D eigenvalue weighted by Gasteiger charge is -2.19. The van der Waals surface area contributed by atoms with Crippen molar-refractivity contribution < 1.29 is 4.74 Å². The average molecular weight is 160 g/mol. The Hall–Kier alpha value is -0.120. The monoisotopic (exact) mass is 160 g/mol. The summed E-state index contributed by atoms with van der Waals surface area (Å²) in [5.41, 5.74) is 5.38. The summed E-state index contributed by atoms with van der Waals surface area (Å²) in [4.78, 5) is 2.24. The second kappa shape index (κ2) is 6.58. The van der Waals surface area contributed by atoms with Crippen molar-refractivity contribution in [3.8, 4) is 0 Å². The zero-order chi connectivity index (χ0) is 8.69. The minimum absolute atomic E-state index is 0.317. The fourth-order valence-electron chi connectivity index (χ4n) is 0.966. The van der Waals surface area contributed by atoms with Gasteiger partial charge < -0.3 is 15.4 Å². The van der Waals surface area contributed by atoms with E-state index in [4.69, 9.17) is 10.5 Å². The number of nitrogens with zero attached hydrogens (tertiary/aromatic N) is 1. The maximum Gasteiger partial charge on any atom is 0.0669 e. The summed E-state index contributed by atoms with van der Waals surface area (Å²) in [5.74, 6) is 0. The SMILES string of the molecule is COC(C)CN(C)CCCN. The van der Waals surface area contributed by atoms with Crippen LogP contribution in [0.1, 0.15) is 13.3 Å². The van der Waals surface area contributed by atoms with Crippen molar-refractivity contribution in [2.24, 2.45) is 5.73 Å². The van der Waals surface area contributed by atoms with Gasteiger partial charge in [-0.05, 0) is 33.5 Å². The molecule has 0 radical (unpaired) electrons. The third kappa shape index (κ3) is 6.28. The molecule has 0 amide bonds. The van der Waals surface area contributed by atoms with E-state index in [-0.39, 0.29) is 0 Å². The number of likely N-dealkylation sites (N-methyl/N-ethyl adjacent to an activating group) is 1. The van der Waals surface area contributed by atoms with E-state index >= 15 is 0 Å². The summed E-state index contributed by atoms with van der Waals surface area (Å²) < 4.78 is 5.13. The fraction of sp³-hybridized carbons (Fsp3) is 1.00. The van der Waals surface area contributed by atoms with E-state index in [1.807, 2.05) is 0 Å². The van der Waals surface area contributed by atoms with Crippen molar-refractivity contribution in [2.75, 3.05) is 33.8 Å². The van der Waals surface area contributed by atoms with Gasteiger partial charge in [-0.2, -0.15) is 0 Å². The van der Waals surface area contributed by atoms with Crippen molar-refractivity contribution in [1.29, 1.82) is 0 Å². The van der Waals surface area contributed by atoms with Crippen LogP contribution in [0.5, 0.6) is 0 Å². The molecule has 0 aliphatic carbocycles. The second-order valence-corrected chi connectivity index (χ2v) is 2.95. The van der Waals surface area contributed by atoms with Crippen LogP contribution in [-0.4, -0.2) is 44.8 Å². The van der Waals surface area contributed by atoms with Crippen molar-refractivity contribution in [3.05, 3.63) is 0 Å². The molecule has 0 aliphatic rings. The second-order valence-electron chi connectivity index (χ2n) is 2.95. The van der Waals surface area contributed by atoms with Crippen LogP contribution in [0.2, 0.25) is 0 Å².